The molecule has 0 bridgehead atoms. The highest BCUT2D eigenvalue weighted by molar-refractivity contribution is 5.65. The number of carbonyl (C=O) groups is 1. The van der Waals surface area contributed by atoms with Crippen LogP contribution in [0.4, 0.5) is 0 Å². The fourth-order valence-corrected chi connectivity index (χ4v) is 1.12. The first-order valence-electron chi connectivity index (χ1n) is 6.88. The Bertz CT molecular complexity index is 211. The molecule has 0 aliphatic heterocycles. The van der Waals surface area contributed by atoms with Crippen LogP contribution in [0.25, 0.3) is 0 Å². The Morgan fingerprint density at radius 2 is 1.10 bits per heavy atom. The first-order chi connectivity index (χ1) is 9.77. The van der Waals surface area contributed by atoms with Crippen LogP contribution < -0.4 is 0 Å². The molecule has 0 amide bonds. The fraction of sp³-hybridized carbons (Fsp3) is 0.923. The average Bonchev–Trinajstić information content (AvgIpc) is 2.43. The monoisotopic (exact) mass is 294 g/mol. The van der Waals surface area contributed by atoms with E-state index in [1.165, 1.54) is 6.92 Å². The van der Waals surface area contributed by atoms with E-state index in [1.807, 2.05) is 0 Å². The van der Waals surface area contributed by atoms with E-state index in [9.17, 15) is 4.79 Å². The van der Waals surface area contributed by atoms with Gasteiger partial charge in [-0.1, -0.05) is 6.92 Å². The first-order valence-corrected chi connectivity index (χ1v) is 6.88. The average molecular weight is 294 g/mol. The van der Waals surface area contributed by atoms with E-state index >= 15 is 0 Å². The zero-order valence-electron chi connectivity index (χ0n) is 12.4. The van der Waals surface area contributed by atoms with Gasteiger partial charge in [-0.15, -0.1) is 0 Å². The molecule has 7 nitrogen and oxygen atoms in total. The lowest BCUT2D eigenvalue weighted by Gasteiger charge is -2.07. The van der Waals surface area contributed by atoms with Gasteiger partial charge in [-0.25, -0.2) is 4.79 Å². The zero-order chi connectivity index (χ0) is 14.9. The SMILES string of the molecule is CCCOCCOCCOCCOCCOOC(C)=O. The van der Waals surface area contributed by atoms with E-state index < -0.39 is 5.97 Å². The largest absolute Gasteiger partial charge is 0.379 e. The third kappa shape index (κ3) is 17.3. The van der Waals surface area contributed by atoms with Crippen LogP contribution in [0.2, 0.25) is 0 Å². The van der Waals surface area contributed by atoms with Crippen molar-refractivity contribution in [2.24, 2.45) is 0 Å². The molecule has 7 heteroatoms. The summed E-state index contributed by atoms with van der Waals surface area (Å²) in [5, 5.41) is 0. The van der Waals surface area contributed by atoms with Crippen molar-refractivity contribution in [1.82, 2.24) is 0 Å². The molecule has 0 unspecified atom stereocenters. The maximum Gasteiger partial charge on any atom is 0.339 e. The highest BCUT2D eigenvalue weighted by atomic mass is 17.2. The van der Waals surface area contributed by atoms with Gasteiger partial charge in [0.2, 0.25) is 0 Å². The maximum absolute atomic E-state index is 10.3. The standard InChI is InChI=1S/C13H26O7/c1-3-4-15-5-6-16-7-8-17-9-10-18-11-12-19-20-13(2)14/h3-12H2,1-2H3. The summed E-state index contributed by atoms with van der Waals surface area (Å²) in [6.45, 7) is 7.91. The lowest BCUT2D eigenvalue weighted by atomic mass is 10.5. The minimum absolute atomic E-state index is 0.209. The van der Waals surface area contributed by atoms with Crippen molar-refractivity contribution in [2.45, 2.75) is 20.3 Å². The van der Waals surface area contributed by atoms with E-state index in [-0.39, 0.29) is 6.61 Å². The molecule has 20 heavy (non-hydrogen) atoms. The Kier molecular flexibility index (Phi) is 15.7. The lowest BCUT2D eigenvalue weighted by molar-refractivity contribution is -0.274. The summed E-state index contributed by atoms with van der Waals surface area (Å²) < 4.78 is 21.0. The summed E-state index contributed by atoms with van der Waals surface area (Å²) in [6, 6.07) is 0. The number of rotatable bonds is 15. The molecule has 0 aliphatic carbocycles. The minimum Gasteiger partial charge on any atom is -0.379 e. The van der Waals surface area contributed by atoms with Crippen molar-refractivity contribution in [3.05, 3.63) is 0 Å². The third-order valence-electron chi connectivity index (χ3n) is 1.95. The maximum atomic E-state index is 10.3. The van der Waals surface area contributed by atoms with Crippen molar-refractivity contribution in [3.8, 4) is 0 Å². The Morgan fingerprint density at radius 1 is 0.700 bits per heavy atom. The highest BCUT2D eigenvalue weighted by Gasteiger charge is 1.95. The van der Waals surface area contributed by atoms with Gasteiger partial charge in [-0.3, -0.25) is 4.89 Å². The van der Waals surface area contributed by atoms with Crippen molar-refractivity contribution in [1.29, 1.82) is 0 Å². The summed E-state index contributed by atoms with van der Waals surface area (Å²) in [4.78, 5) is 19.2. The number of carbonyl (C=O) groups excluding carboxylic acids is 1. The molecule has 0 aliphatic rings. The highest BCUT2D eigenvalue weighted by Crippen LogP contribution is 1.85. The Balaban J connectivity index is 2.94. The quantitative estimate of drug-likeness (QED) is 0.253. The summed E-state index contributed by atoms with van der Waals surface area (Å²) in [5.41, 5.74) is 0. The molecule has 0 heterocycles. The molecule has 0 aromatic heterocycles. The molecule has 0 aromatic rings. The van der Waals surface area contributed by atoms with Gasteiger partial charge >= 0.3 is 5.97 Å². The third-order valence-corrected chi connectivity index (χ3v) is 1.95. The molecule has 0 fully saturated rings. The normalized spacial score (nSPS) is 10.7. The molecule has 0 N–H and O–H groups in total. The molecule has 0 spiro atoms. The van der Waals surface area contributed by atoms with Gasteiger partial charge in [0.1, 0.15) is 6.61 Å². The molecule has 120 valence electrons. The molecule has 0 aromatic carbocycles. The van der Waals surface area contributed by atoms with Gasteiger partial charge in [0.05, 0.1) is 46.2 Å². The van der Waals surface area contributed by atoms with E-state index in [0.29, 0.717) is 46.2 Å². The van der Waals surface area contributed by atoms with E-state index in [1.54, 1.807) is 0 Å². The van der Waals surface area contributed by atoms with Crippen LogP contribution >= 0.6 is 0 Å². The van der Waals surface area contributed by atoms with Crippen molar-refractivity contribution in [2.75, 3.05) is 59.5 Å². The molecular formula is C13H26O7. The van der Waals surface area contributed by atoms with Crippen LogP contribution in [0.15, 0.2) is 0 Å². The molecule has 0 saturated carbocycles. The van der Waals surface area contributed by atoms with Crippen molar-refractivity contribution < 1.29 is 33.5 Å². The second-order valence-corrected chi connectivity index (χ2v) is 3.85. The van der Waals surface area contributed by atoms with Gasteiger partial charge in [-0.05, 0) is 6.42 Å². The second kappa shape index (κ2) is 16.3. The van der Waals surface area contributed by atoms with E-state index in [0.717, 1.165) is 13.0 Å². The van der Waals surface area contributed by atoms with Gasteiger partial charge in [0, 0.05) is 13.5 Å². The number of ether oxygens (including phenoxy) is 4. The van der Waals surface area contributed by atoms with Crippen LogP contribution in [0.5, 0.6) is 0 Å². The van der Waals surface area contributed by atoms with Crippen LogP contribution in [0.1, 0.15) is 20.3 Å². The Hall–Kier alpha value is -0.730. The first kappa shape index (κ1) is 19.3. The van der Waals surface area contributed by atoms with Crippen LogP contribution in [-0.4, -0.2) is 65.4 Å². The summed E-state index contributed by atoms with van der Waals surface area (Å²) in [7, 11) is 0. The minimum atomic E-state index is -0.478. The molecule has 0 atom stereocenters. The van der Waals surface area contributed by atoms with Gasteiger partial charge in [-0.2, -0.15) is 4.89 Å². The van der Waals surface area contributed by atoms with E-state index in [4.69, 9.17) is 18.9 Å². The topological polar surface area (TPSA) is 72.5 Å². The van der Waals surface area contributed by atoms with Gasteiger partial charge < -0.3 is 18.9 Å². The summed E-state index contributed by atoms with van der Waals surface area (Å²) >= 11 is 0. The molecule has 0 rings (SSSR count). The predicted octanol–water partition coefficient (Wildman–Crippen LogP) is 0.957. The Morgan fingerprint density at radius 3 is 1.50 bits per heavy atom. The molecular weight excluding hydrogens is 268 g/mol. The predicted molar refractivity (Wildman–Crippen MR) is 71.3 cm³/mol. The van der Waals surface area contributed by atoms with Crippen LogP contribution in [-0.2, 0) is 33.5 Å². The second-order valence-electron chi connectivity index (χ2n) is 3.85. The smallest absolute Gasteiger partial charge is 0.339 e. The van der Waals surface area contributed by atoms with E-state index in [2.05, 4.69) is 16.7 Å². The summed E-state index contributed by atoms with van der Waals surface area (Å²) in [6.07, 6.45) is 1.02. The lowest BCUT2D eigenvalue weighted by Crippen LogP contribution is -2.13. The van der Waals surface area contributed by atoms with Crippen LogP contribution in [0.3, 0.4) is 0 Å². The van der Waals surface area contributed by atoms with Crippen molar-refractivity contribution >= 4 is 5.97 Å². The fourth-order valence-electron chi connectivity index (χ4n) is 1.12. The summed E-state index contributed by atoms with van der Waals surface area (Å²) in [5.74, 6) is -0.478. The number of hydrogen-bond acceptors (Lipinski definition) is 7. The van der Waals surface area contributed by atoms with Gasteiger partial charge in [0.15, 0.2) is 0 Å². The number of hydrogen-bond donors (Lipinski definition) is 0. The Labute approximate surface area is 120 Å². The van der Waals surface area contributed by atoms with Crippen LogP contribution in [0, 0.1) is 0 Å². The van der Waals surface area contributed by atoms with Gasteiger partial charge in [0.25, 0.3) is 0 Å². The van der Waals surface area contributed by atoms with Crippen molar-refractivity contribution in [3.63, 3.8) is 0 Å². The molecule has 0 radical (unpaired) electrons. The molecule has 0 saturated heterocycles. The zero-order valence-corrected chi connectivity index (χ0v) is 12.4.